The molecule has 0 radical (unpaired) electrons. The molecule has 1 aliphatic heterocycles. The standard InChI is InChI=1S/C20H26N4O/c1-16-12-21-10-9-18(16)13-22-20(25)23-19-8-5-11-24(15-19)14-17-6-3-2-4-7-17/h2-4,6-7,9-10,12,19H,5,8,11,13-15H2,1H3,(H2,22,23,25). The molecule has 0 aliphatic carbocycles. The van der Waals surface area contributed by atoms with Crippen molar-refractivity contribution in [2.24, 2.45) is 0 Å². The second-order valence-corrected chi connectivity index (χ2v) is 6.69. The van der Waals surface area contributed by atoms with Crippen LogP contribution in [0.3, 0.4) is 0 Å². The predicted molar refractivity (Wildman–Crippen MR) is 99.1 cm³/mol. The van der Waals surface area contributed by atoms with Crippen molar-refractivity contribution in [2.75, 3.05) is 13.1 Å². The lowest BCUT2D eigenvalue weighted by atomic mass is 10.0. The van der Waals surface area contributed by atoms with Crippen LogP contribution in [0.2, 0.25) is 0 Å². The van der Waals surface area contributed by atoms with Gasteiger partial charge in [-0.2, -0.15) is 0 Å². The molecular formula is C20H26N4O. The highest BCUT2D eigenvalue weighted by atomic mass is 16.2. The van der Waals surface area contributed by atoms with E-state index in [1.807, 2.05) is 25.3 Å². The smallest absolute Gasteiger partial charge is 0.315 e. The Labute approximate surface area is 149 Å². The zero-order chi connectivity index (χ0) is 17.5. The molecule has 2 amide bonds. The summed E-state index contributed by atoms with van der Waals surface area (Å²) in [5.74, 6) is 0. The van der Waals surface area contributed by atoms with Crippen molar-refractivity contribution in [3.63, 3.8) is 0 Å². The van der Waals surface area contributed by atoms with Crippen LogP contribution in [0.5, 0.6) is 0 Å². The van der Waals surface area contributed by atoms with Gasteiger partial charge in [-0.05, 0) is 49.1 Å². The fraction of sp³-hybridized carbons (Fsp3) is 0.400. The molecule has 1 aromatic carbocycles. The van der Waals surface area contributed by atoms with E-state index < -0.39 is 0 Å². The molecular weight excluding hydrogens is 312 g/mol. The molecule has 2 heterocycles. The summed E-state index contributed by atoms with van der Waals surface area (Å²) in [5, 5.41) is 6.07. The lowest BCUT2D eigenvalue weighted by Crippen LogP contribution is -2.50. The zero-order valence-corrected chi connectivity index (χ0v) is 14.7. The van der Waals surface area contributed by atoms with Gasteiger partial charge in [0.15, 0.2) is 0 Å². The number of pyridine rings is 1. The first-order chi connectivity index (χ1) is 12.2. The molecule has 3 rings (SSSR count). The van der Waals surface area contributed by atoms with Gasteiger partial charge in [0, 0.05) is 38.1 Å². The monoisotopic (exact) mass is 338 g/mol. The Morgan fingerprint density at radius 2 is 2.12 bits per heavy atom. The second kappa shape index (κ2) is 8.62. The normalized spacial score (nSPS) is 17.9. The highest BCUT2D eigenvalue weighted by Crippen LogP contribution is 2.13. The molecule has 0 spiro atoms. The Bertz CT molecular complexity index is 689. The summed E-state index contributed by atoms with van der Waals surface area (Å²) in [5.41, 5.74) is 3.51. The minimum absolute atomic E-state index is 0.0947. The number of piperidine rings is 1. The number of urea groups is 1. The van der Waals surface area contributed by atoms with Crippen LogP contribution in [-0.4, -0.2) is 35.0 Å². The van der Waals surface area contributed by atoms with Crippen LogP contribution < -0.4 is 10.6 Å². The third-order valence-electron chi connectivity index (χ3n) is 4.67. The number of nitrogens with zero attached hydrogens (tertiary/aromatic N) is 2. The molecule has 2 aromatic rings. The van der Waals surface area contributed by atoms with Crippen molar-refractivity contribution in [2.45, 2.75) is 38.9 Å². The van der Waals surface area contributed by atoms with Gasteiger partial charge in [-0.15, -0.1) is 0 Å². The molecule has 0 bridgehead atoms. The van der Waals surface area contributed by atoms with Crippen LogP contribution in [0.1, 0.15) is 29.5 Å². The van der Waals surface area contributed by atoms with Crippen LogP contribution >= 0.6 is 0 Å². The maximum absolute atomic E-state index is 12.2. The first kappa shape index (κ1) is 17.4. The van der Waals surface area contributed by atoms with Gasteiger partial charge in [0.25, 0.3) is 0 Å². The molecule has 0 saturated carbocycles. The average molecular weight is 338 g/mol. The molecule has 132 valence electrons. The van der Waals surface area contributed by atoms with Crippen LogP contribution in [0, 0.1) is 6.92 Å². The summed E-state index contributed by atoms with van der Waals surface area (Å²) < 4.78 is 0. The first-order valence-electron chi connectivity index (χ1n) is 8.91. The number of carbonyl (C=O) groups is 1. The molecule has 1 aromatic heterocycles. The van der Waals surface area contributed by atoms with Crippen LogP contribution in [0.15, 0.2) is 48.8 Å². The minimum atomic E-state index is -0.0947. The van der Waals surface area contributed by atoms with Crippen molar-refractivity contribution >= 4 is 6.03 Å². The van der Waals surface area contributed by atoms with Gasteiger partial charge in [0.2, 0.25) is 0 Å². The average Bonchev–Trinajstić information content (AvgIpc) is 2.62. The molecule has 1 saturated heterocycles. The number of aryl methyl sites for hydroxylation is 1. The van der Waals surface area contributed by atoms with Gasteiger partial charge in [-0.25, -0.2) is 4.79 Å². The second-order valence-electron chi connectivity index (χ2n) is 6.69. The van der Waals surface area contributed by atoms with Crippen molar-refractivity contribution in [3.8, 4) is 0 Å². The van der Waals surface area contributed by atoms with Gasteiger partial charge >= 0.3 is 6.03 Å². The fourth-order valence-electron chi connectivity index (χ4n) is 3.27. The number of aromatic nitrogens is 1. The number of carbonyl (C=O) groups excluding carboxylic acids is 1. The SMILES string of the molecule is Cc1cnccc1CNC(=O)NC1CCCN(Cc2ccccc2)C1. The van der Waals surface area contributed by atoms with Crippen molar-refractivity contribution < 1.29 is 4.79 Å². The van der Waals surface area contributed by atoms with Crippen molar-refractivity contribution in [3.05, 3.63) is 65.5 Å². The molecule has 5 nitrogen and oxygen atoms in total. The van der Waals surface area contributed by atoms with E-state index in [1.54, 1.807) is 6.20 Å². The van der Waals surface area contributed by atoms with E-state index >= 15 is 0 Å². The van der Waals surface area contributed by atoms with E-state index in [1.165, 1.54) is 5.56 Å². The number of amides is 2. The van der Waals surface area contributed by atoms with Crippen LogP contribution in [-0.2, 0) is 13.1 Å². The van der Waals surface area contributed by atoms with E-state index in [2.05, 4.69) is 44.8 Å². The Balaban J connectivity index is 1.45. The number of rotatable bonds is 5. The Morgan fingerprint density at radius 3 is 2.92 bits per heavy atom. The van der Waals surface area contributed by atoms with E-state index in [0.717, 1.165) is 43.6 Å². The van der Waals surface area contributed by atoms with E-state index in [9.17, 15) is 4.79 Å². The summed E-state index contributed by atoms with van der Waals surface area (Å²) >= 11 is 0. The molecule has 1 fully saturated rings. The molecule has 25 heavy (non-hydrogen) atoms. The molecule has 2 N–H and O–H groups in total. The van der Waals surface area contributed by atoms with Crippen LogP contribution in [0.25, 0.3) is 0 Å². The van der Waals surface area contributed by atoms with Gasteiger partial charge < -0.3 is 10.6 Å². The summed E-state index contributed by atoms with van der Waals surface area (Å²) in [4.78, 5) is 18.7. The quantitative estimate of drug-likeness (QED) is 0.881. The predicted octanol–water partition coefficient (Wildman–Crippen LogP) is 2.85. The van der Waals surface area contributed by atoms with Crippen molar-refractivity contribution in [1.82, 2.24) is 20.5 Å². The summed E-state index contributed by atoms with van der Waals surface area (Å²) in [6, 6.07) is 12.5. The number of likely N-dealkylation sites (tertiary alicyclic amines) is 1. The topological polar surface area (TPSA) is 57.3 Å². The summed E-state index contributed by atoms with van der Waals surface area (Å²) in [7, 11) is 0. The number of nitrogens with one attached hydrogen (secondary N) is 2. The summed E-state index contributed by atoms with van der Waals surface area (Å²) in [6.45, 7) is 5.46. The number of hydrogen-bond acceptors (Lipinski definition) is 3. The van der Waals surface area contributed by atoms with E-state index in [-0.39, 0.29) is 12.1 Å². The van der Waals surface area contributed by atoms with Crippen molar-refractivity contribution in [1.29, 1.82) is 0 Å². The lowest BCUT2D eigenvalue weighted by molar-refractivity contribution is 0.180. The summed E-state index contributed by atoms with van der Waals surface area (Å²) in [6.07, 6.45) is 5.72. The zero-order valence-electron chi connectivity index (χ0n) is 14.7. The fourth-order valence-corrected chi connectivity index (χ4v) is 3.27. The van der Waals surface area contributed by atoms with Crippen LogP contribution in [0.4, 0.5) is 4.79 Å². The number of benzene rings is 1. The Morgan fingerprint density at radius 1 is 1.28 bits per heavy atom. The van der Waals surface area contributed by atoms with Gasteiger partial charge in [0.05, 0.1) is 0 Å². The first-order valence-corrected chi connectivity index (χ1v) is 8.91. The van der Waals surface area contributed by atoms with E-state index in [4.69, 9.17) is 0 Å². The van der Waals surface area contributed by atoms with Gasteiger partial charge in [0.1, 0.15) is 0 Å². The third-order valence-corrected chi connectivity index (χ3v) is 4.67. The minimum Gasteiger partial charge on any atom is -0.334 e. The Kier molecular flexibility index (Phi) is 6.01. The van der Waals surface area contributed by atoms with Gasteiger partial charge in [-0.1, -0.05) is 30.3 Å². The maximum Gasteiger partial charge on any atom is 0.315 e. The van der Waals surface area contributed by atoms with Gasteiger partial charge in [-0.3, -0.25) is 9.88 Å². The largest absolute Gasteiger partial charge is 0.334 e. The highest BCUT2D eigenvalue weighted by Gasteiger charge is 2.21. The molecule has 5 heteroatoms. The van der Waals surface area contributed by atoms with E-state index in [0.29, 0.717) is 6.54 Å². The third kappa shape index (κ3) is 5.29. The Hall–Kier alpha value is -2.40. The highest BCUT2D eigenvalue weighted by molar-refractivity contribution is 5.74. The molecule has 1 unspecified atom stereocenters. The molecule has 1 atom stereocenters. The maximum atomic E-state index is 12.2. The lowest BCUT2D eigenvalue weighted by Gasteiger charge is -2.33. The number of hydrogen-bond donors (Lipinski definition) is 2. The molecule has 1 aliphatic rings.